The van der Waals surface area contributed by atoms with Crippen molar-refractivity contribution in [3.8, 4) is 6.07 Å². The Morgan fingerprint density at radius 3 is 2.63 bits per heavy atom. The Bertz CT molecular complexity index is 1050. The van der Waals surface area contributed by atoms with Crippen molar-refractivity contribution in [2.75, 3.05) is 0 Å². The Morgan fingerprint density at radius 1 is 1.19 bits per heavy atom. The minimum Gasteiger partial charge on any atom is -0.457 e. The SMILES string of the molecule is C[C@H](CC(=O)OCc1nc2ccccc2c(=O)n1CC#N)c1ccccc1. The Labute approximate surface area is 156 Å². The number of fused-ring (bicyclic) bond motifs is 1. The lowest BCUT2D eigenvalue weighted by atomic mass is 9.98. The number of nitriles is 1. The third-order valence-electron chi connectivity index (χ3n) is 4.37. The number of hydrogen-bond donors (Lipinski definition) is 0. The monoisotopic (exact) mass is 361 g/mol. The second kappa shape index (κ2) is 8.28. The molecular formula is C21H19N3O3. The van der Waals surface area contributed by atoms with Gasteiger partial charge in [0.15, 0.2) is 5.82 Å². The van der Waals surface area contributed by atoms with Crippen LogP contribution in [0.4, 0.5) is 0 Å². The summed E-state index contributed by atoms with van der Waals surface area (Å²) in [7, 11) is 0. The molecule has 0 saturated heterocycles. The largest absolute Gasteiger partial charge is 0.457 e. The Hall–Kier alpha value is -3.46. The molecule has 0 saturated carbocycles. The van der Waals surface area contributed by atoms with E-state index in [-0.39, 0.29) is 42.8 Å². The molecule has 0 spiro atoms. The first-order valence-electron chi connectivity index (χ1n) is 8.66. The van der Waals surface area contributed by atoms with Gasteiger partial charge in [0, 0.05) is 0 Å². The lowest BCUT2D eigenvalue weighted by molar-refractivity contribution is -0.145. The van der Waals surface area contributed by atoms with Gasteiger partial charge in [-0.25, -0.2) is 4.98 Å². The molecule has 1 aromatic heterocycles. The van der Waals surface area contributed by atoms with Crippen LogP contribution in [0.25, 0.3) is 10.9 Å². The number of para-hydroxylation sites is 1. The molecule has 0 aliphatic carbocycles. The van der Waals surface area contributed by atoms with E-state index in [1.54, 1.807) is 24.3 Å². The van der Waals surface area contributed by atoms with E-state index in [0.717, 1.165) is 5.56 Å². The Balaban J connectivity index is 1.76. The van der Waals surface area contributed by atoms with E-state index in [4.69, 9.17) is 10.00 Å². The van der Waals surface area contributed by atoms with Crippen LogP contribution in [0.15, 0.2) is 59.4 Å². The van der Waals surface area contributed by atoms with Crippen LogP contribution in [-0.4, -0.2) is 15.5 Å². The molecule has 6 heteroatoms. The van der Waals surface area contributed by atoms with Crippen molar-refractivity contribution >= 4 is 16.9 Å². The molecule has 3 rings (SSSR count). The van der Waals surface area contributed by atoms with Gasteiger partial charge in [0.2, 0.25) is 0 Å². The number of hydrogen-bond acceptors (Lipinski definition) is 5. The molecule has 0 unspecified atom stereocenters. The van der Waals surface area contributed by atoms with Crippen LogP contribution in [-0.2, 0) is 22.7 Å². The zero-order valence-corrected chi connectivity index (χ0v) is 15.0. The maximum atomic E-state index is 12.6. The van der Waals surface area contributed by atoms with Gasteiger partial charge in [0.1, 0.15) is 13.2 Å². The van der Waals surface area contributed by atoms with Crippen molar-refractivity contribution in [3.05, 3.63) is 76.3 Å². The average Bonchev–Trinajstić information content (AvgIpc) is 2.69. The van der Waals surface area contributed by atoms with Crippen LogP contribution in [0.1, 0.15) is 30.7 Å². The summed E-state index contributed by atoms with van der Waals surface area (Å²) in [4.78, 5) is 29.2. The highest BCUT2D eigenvalue weighted by Crippen LogP contribution is 2.19. The zero-order chi connectivity index (χ0) is 19.2. The molecule has 0 radical (unpaired) electrons. The van der Waals surface area contributed by atoms with E-state index in [1.165, 1.54) is 4.57 Å². The van der Waals surface area contributed by atoms with E-state index in [1.807, 2.05) is 43.3 Å². The summed E-state index contributed by atoms with van der Waals surface area (Å²) in [6.45, 7) is 1.66. The van der Waals surface area contributed by atoms with E-state index in [9.17, 15) is 9.59 Å². The highest BCUT2D eigenvalue weighted by molar-refractivity contribution is 5.77. The first-order valence-corrected chi connectivity index (χ1v) is 8.66. The van der Waals surface area contributed by atoms with E-state index < -0.39 is 0 Å². The fraction of sp³-hybridized carbons (Fsp3) is 0.238. The average molecular weight is 361 g/mol. The smallest absolute Gasteiger partial charge is 0.306 e. The van der Waals surface area contributed by atoms with Crippen molar-refractivity contribution in [3.63, 3.8) is 0 Å². The summed E-state index contributed by atoms with van der Waals surface area (Å²) in [5.41, 5.74) is 1.26. The minimum atomic E-state index is -0.378. The van der Waals surface area contributed by atoms with Gasteiger partial charge in [-0.05, 0) is 23.6 Å². The predicted octanol–water partition coefficient (Wildman–Crippen LogP) is 3.16. The summed E-state index contributed by atoms with van der Waals surface area (Å²) >= 11 is 0. The molecule has 6 nitrogen and oxygen atoms in total. The van der Waals surface area contributed by atoms with Crippen molar-refractivity contribution in [2.45, 2.75) is 32.4 Å². The molecule has 1 heterocycles. The predicted molar refractivity (Wildman–Crippen MR) is 101 cm³/mol. The molecule has 0 amide bonds. The standard InChI is InChI=1S/C21H19N3O3/c1-15(16-7-3-2-4-8-16)13-20(25)27-14-19-23-18-10-6-5-9-17(18)21(26)24(19)12-11-22/h2-10,15H,12-14H2,1H3/t15-/m1/s1. The molecule has 3 aromatic rings. The topological polar surface area (TPSA) is 85.0 Å². The van der Waals surface area contributed by atoms with Crippen LogP contribution < -0.4 is 5.56 Å². The van der Waals surface area contributed by atoms with Gasteiger partial charge in [-0.3, -0.25) is 14.2 Å². The molecular weight excluding hydrogens is 342 g/mol. The van der Waals surface area contributed by atoms with Gasteiger partial charge < -0.3 is 4.74 Å². The lowest BCUT2D eigenvalue weighted by Crippen LogP contribution is -2.26. The quantitative estimate of drug-likeness (QED) is 0.630. The fourth-order valence-corrected chi connectivity index (χ4v) is 2.91. The highest BCUT2D eigenvalue weighted by atomic mass is 16.5. The van der Waals surface area contributed by atoms with Crippen LogP contribution in [0.5, 0.6) is 0 Å². The van der Waals surface area contributed by atoms with Crippen molar-refractivity contribution in [1.29, 1.82) is 5.26 Å². The second-order valence-corrected chi connectivity index (χ2v) is 6.27. The highest BCUT2D eigenvalue weighted by Gasteiger charge is 2.15. The van der Waals surface area contributed by atoms with Crippen molar-refractivity contribution in [2.24, 2.45) is 0 Å². The Kier molecular flexibility index (Phi) is 5.62. The van der Waals surface area contributed by atoms with Gasteiger partial charge in [0.05, 0.1) is 23.4 Å². The summed E-state index contributed by atoms with van der Waals surface area (Å²) < 4.78 is 6.59. The van der Waals surface area contributed by atoms with E-state index in [0.29, 0.717) is 10.9 Å². The molecule has 0 bridgehead atoms. The summed E-state index contributed by atoms with van der Waals surface area (Å²) in [5, 5.41) is 9.45. The summed E-state index contributed by atoms with van der Waals surface area (Å²) in [6.07, 6.45) is 0.222. The molecule has 0 fully saturated rings. The number of nitrogens with zero attached hydrogens (tertiary/aromatic N) is 3. The van der Waals surface area contributed by atoms with E-state index >= 15 is 0 Å². The molecule has 0 N–H and O–H groups in total. The van der Waals surface area contributed by atoms with Gasteiger partial charge in [-0.15, -0.1) is 0 Å². The summed E-state index contributed by atoms with van der Waals surface area (Å²) in [6, 6.07) is 18.6. The first-order chi connectivity index (χ1) is 13.1. The molecule has 27 heavy (non-hydrogen) atoms. The van der Waals surface area contributed by atoms with Crippen LogP contribution in [0.3, 0.4) is 0 Å². The van der Waals surface area contributed by atoms with Crippen LogP contribution >= 0.6 is 0 Å². The number of aromatic nitrogens is 2. The molecule has 2 aromatic carbocycles. The number of benzene rings is 2. The lowest BCUT2D eigenvalue weighted by Gasteiger charge is -2.13. The fourth-order valence-electron chi connectivity index (χ4n) is 2.91. The molecule has 136 valence electrons. The molecule has 0 aliphatic rings. The maximum absolute atomic E-state index is 12.6. The molecule has 1 atom stereocenters. The minimum absolute atomic E-state index is 0.0181. The van der Waals surface area contributed by atoms with Gasteiger partial charge in [0.25, 0.3) is 5.56 Å². The van der Waals surface area contributed by atoms with Crippen LogP contribution in [0, 0.1) is 11.3 Å². The van der Waals surface area contributed by atoms with Gasteiger partial charge >= 0.3 is 5.97 Å². The van der Waals surface area contributed by atoms with Gasteiger partial charge in [-0.1, -0.05) is 49.4 Å². The van der Waals surface area contributed by atoms with E-state index in [2.05, 4.69) is 4.98 Å². The van der Waals surface area contributed by atoms with Gasteiger partial charge in [-0.2, -0.15) is 5.26 Å². The number of rotatable bonds is 6. The maximum Gasteiger partial charge on any atom is 0.306 e. The van der Waals surface area contributed by atoms with Crippen molar-refractivity contribution in [1.82, 2.24) is 9.55 Å². The first kappa shape index (κ1) is 18.3. The summed E-state index contributed by atoms with van der Waals surface area (Å²) in [5.74, 6) is -0.0946. The zero-order valence-electron chi connectivity index (χ0n) is 15.0. The third kappa shape index (κ3) is 4.21. The Morgan fingerprint density at radius 2 is 1.89 bits per heavy atom. The molecule has 0 aliphatic heterocycles. The van der Waals surface area contributed by atoms with Crippen molar-refractivity contribution < 1.29 is 9.53 Å². The number of carbonyl (C=O) groups excluding carboxylic acids is 1. The number of ether oxygens (including phenoxy) is 1. The number of esters is 1. The normalized spacial score (nSPS) is 11.7. The third-order valence-corrected chi connectivity index (χ3v) is 4.37. The number of carbonyl (C=O) groups is 1. The van der Waals surface area contributed by atoms with Crippen LogP contribution in [0.2, 0.25) is 0 Å². The second-order valence-electron chi connectivity index (χ2n) is 6.27.